The number of aromatic nitrogens is 4. The molecule has 0 bridgehead atoms. The van der Waals surface area contributed by atoms with Crippen molar-refractivity contribution in [3.63, 3.8) is 0 Å². The fraction of sp³-hybridized carbons (Fsp3) is 0.192. The van der Waals surface area contributed by atoms with Crippen LogP contribution in [0.25, 0.3) is 33.3 Å². The van der Waals surface area contributed by atoms with E-state index in [4.69, 9.17) is 28.9 Å². The lowest BCUT2D eigenvalue weighted by atomic mass is 10.1. The van der Waals surface area contributed by atoms with Crippen molar-refractivity contribution in [3.05, 3.63) is 75.0 Å². The van der Waals surface area contributed by atoms with Gasteiger partial charge in [-0.15, -0.1) is 0 Å². The Morgan fingerprint density at radius 3 is 2.44 bits per heavy atom. The van der Waals surface area contributed by atoms with Crippen molar-refractivity contribution in [2.24, 2.45) is 12.8 Å². The van der Waals surface area contributed by atoms with E-state index < -0.39 is 15.6 Å². The fourth-order valence-corrected chi connectivity index (χ4v) is 6.45. The third-order valence-corrected chi connectivity index (χ3v) is 8.98. The van der Waals surface area contributed by atoms with Crippen LogP contribution in [0.1, 0.15) is 6.92 Å². The summed E-state index contributed by atoms with van der Waals surface area (Å²) in [5, 5.41) is 4.35. The first-order valence-corrected chi connectivity index (χ1v) is 14.3. The van der Waals surface area contributed by atoms with Gasteiger partial charge in [0.15, 0.2) is 0 Å². The number of hydrogen-bond donors (Lipinski definition) is 3. The van der Waals surface area contributed by atoms with Crippen LogP contribution in [0.4, 0.5) is 11.6 Å². The van der Waals surface area contributed by atoms with E-state index in [1.165, 1.54) is 16.4 Å². The molecule has 0 aliphatic rings. The van der Waals surface area contributed by atoms with Gasteiger partial charge in [0.2, 0.25) is 16.0 Å². The van der Waals surface area contributed by atoms with E-state index in [2.05, 4.69) is 20.3 Å². The summed E-state index contributed by atoms with van der Waals surface area (Å²) in [6.45, 7) is 2.45. The zero-order valence-electron chi connectivity index (χ0n) is 21.1. The highest BCUT2D eigenvalue weighted by molar-refractivity contribution is 7.89. The molecule has 10 nitrogen and oxygen atoms in total. The van der Waals surface area contributed by atoms with E-state index in [1.807, 2.05) is 0 Å². The lowest BCUT2D eigenvalue weighted by molar-refractivity contribution is 0.435. The van der Waals surface area contributed by atoms with Crippen LogP contribution in [0.3, 0.4) is 0 Å². The molecule has 0 aliphatic heterocycles. The first-order valence-electron chi connectivity index (χ1n) is 12.1. The third-order valence-electron chi connectivity index (χ3n) is 6.38. The van der Waals surface area contributed by atoms with Crippen LogP contribution >= 0.6 is 23.2 Å². The van der Waals surface area contributed by atoms with Gasteiger partial charge in [0.25, 0.3) is 5.56 Å². The first-order chi connectivity index (χ1) is 18.6. The van der Waals surface area contributed by atoms with Crippen LogP contribution in [0.5, 0.6) is 0 Å². The Morgan fingerprint density at radius 2 is 1.74 bits per heavy atom. The maximum atomic E-state index is 13.4. The Morgan fingerprint density at radius 1 is 1.05 bits per heavy atom. The van der Waals surface area contributed by atoms with E-state index >= 15 is 0 Å². The zero-order chi connectivity index (χ0) is 27.9. The molecule has 0 saturated carbocycles. The molecule has 13 heteroatoms. The summed E-state index contributed by atoms with van der Waals surface area (Å²) < 4.78 is 29.3. The standard InChI is InChI=1S/C26H25Cl2N7O3S/c1-3-35(13-12-29)39(37,38)16-7-4-6-15(14-16)24-30-19-10-11-20-23(21(19)25(36)33-24)34(2)26(31-20)32-22-17(27)8-5-9-18(22)28/h4-11,14H,3,12-13,29H2,1-2H3,(H,31,32)(H,30,33,36). The number of nitrogens with two attached hydrogens (primary N) is 1. The molecule has 0 aliphatic carbocycles. The van der Waals surface area contributed by atoms with Gasteiger partial charge in [0.1, 0.15) is 5.82 Å². The number of para-hydroxylation sites is 1. The second-order valence-corrected chi connectivity index (χ2v) is 11.5. The predicted octanol–water partition coefficient (Wildman–Crippen LogP) is 4.50. The molecule has 3 aromatic carbocycles. The Balaban J connectivity index is 1.60. The van der Waals surface area contributed by atoms with Crippen molar-refractivity contribution in [1.82, 2.24) is 23.8 Å². The molecule has 39 heavy (non-hydrogen) atoms. The lowest BCUT2D eigenvalue weighted by Gasteiger charge is -2.20. The van der Waals surface area contributed by atoms with Crippen molar-refractivity contribution in [2.45, 2.75) is 11.8 Å². The smallest absolute Gasteiger partial charge is 0.261 e. The monoisotopic (exact) mass is 585 g/mol. The van der Waals surface area contributed by atoms with Crippen LogP contribution in [0, 0.1) is 0 Å². The number of halogens is 2. The van der Waals surface area contributed by atoms with E-state index in [0.717, 1.165) is 0 Å². The molecular weight excluding hydrogens is 561 g/mol. The summed E-state index contributed by atoms with van der Waals surface area (Å²) >= 11 is 12.6. The normalized spacial score (nSPS) is 12.1. The fourth-order valence-electron chi connectivity index (χ4n) is 4.45. The minimum absolute atomic E-state index is 0.0917. The molecule has 0 amide bonds. The average Bonchev–Trinajstić information content (AvgIpc) is 3.24. The molecule has 4 N–H and O–H groups in total. The second kappa shape index (κ2) is 10.6. The zero-order valence-corrected chi connectivity index (χ0v) is 23.4. The summed E-state index contributed by atoms with van der Waals surface area (Å²) in [6, 6.07) is 14.9. The minimum Gasteiger partial charge on any atom is -0.329 e. The van der Waals surface area contributed by atoms with Gasteiger partial charge in [-0.1, -0.05) is 48.3 Å². The summed E-state index contributed by atoms with van der Waals surface area (Å²) in [5.41, 5.74) is 7.73. The summed E-state index contributed by atoms with van der Waals surface area (Å²) in [5.74, 6) is 0.681. The summed E-state index contributed by atoms with van der Waals surface area (Å²) in [6.07, 6.45) is 0. The van der Waals surface area contributed by atoms with Crippen LogP contribution in [0.2, 0.25) is 10.0 Å². The number of benzene rings is 3. The maximum Gasteiger partial charge on any atom is 0.261 e. The number of imidazole rings is 1. The van der Waals surface area contributed by atoms with Crippen molar-refractivity contribution in [1.29, 1.82) is 0 Å². The molecule has 0 fully saturated rings. The van der Waals surface area contributed by atoms with E-state index in [9.17, 15) is 13.2 Å². The molecule has 0 unspecified atom stereocenters. The third kappa shape index (κ3) is 4.88. The molecule has 2 heterocycles. The highest BCUT2D eigenvalue weighted by Crippen LogP contribution is 2.34. The largest absolute Gasteiger partial charge is 0.329 e. The molecule has 0 radical (unpaired) electrons. The van der Waals surface area contributed by atoms with Gasteiger partial charge in [-0.25, -0.2) is 18.4 Å². The van der Waals surface area contributed by atoms with Gasteiger partial charge in [-0.2, -0.15) is 4.31 Å². The molecule has 0 saturated heterocycles. The molecule has 0 spiro atoms. The number of hydrogen-bond acceptors (Lipinski definition) is 7. The van der Waals surface area contributed by atoms with Gasteiger partial charge in [0.05, 0.1) is 42.6 Å². The maximum absolute atomic E-state index is 13.4. The highest BCUT2D eigenvalue weighted by Gasteiger charge is 2.23. The number of H-pyrrole nitrogens is 1. The second-order valence-electron chi connectivity index (χ2n) is 8.77. The minimum atomic E-state index is -3.76. The van der Waals surface area contributed by atoms with Crippen LogP contribution < -0.4 is 16.6 Å². The predicted molar refractivity (Wildman–Crippen MR) is 155 cm³/mol. The van der Waals surface area contributed by atoms with Crippen molar-refractivity contribution in [2.75, 3.05) is 25.0 Å². The van der Waals surface area contributed by atoms with Crippen molar-refractivity contribution in [3.8, 4) is 11.4 Å². The van der Waals surface area contributed by atoms with E-state index in [0.29, 0.717) is 49.2 Å². The van der Waals surface area contributed by atoms with Crippen LogP contribution in [-0.4, -0.2) is 51.9 Å². The van der Waals surface area contributed by atoms with Gasteiger partial charge in [-0.05, 0) is 36.4 Å². The molecule has 202 valence electrons. The molecule has 2 aromatic heterocycles. The quantitative estimate of drug-likeness (QED) is 0.243. The number of aromatic amines is 1. The van der Waals surface area contributed by atoms with Gasteiger partial charge >= 0.3 is 0 Å². The molecule has 5 aromatic rings. The van der Waals surface area contributed by atoms with Crippen LogP contribution in [0.15, 0.2) is 64.3 Å². The summed E-state index contributed by atoms with van der Waals surface area (Å²) in [7, 11) is -2.00. The Hall–Kier alpha value is -3.48. The Labute approximate surface area is 234 Å². The van der Waals surface area contributed by atoms with Crippen LogP contribution in [-0.2, 0) is 17.1 Å². The highest BCUT2D eigenvalue weighted by atomic mass is 35.5. The number of fused-ring (bicyclic) bond motifs is 3. The first kappa shape index (κ1) is 27.1. The summed E-state index contributed by atoms with van der Waals surface area (Å²) in [4.78, 5) is 25.6. The van der Waals surface area contributed by atoms with Gasteiger partial charge in [-0.3, -0.25) is 4.79 Å². The number of aryl methyl sites for hydroxylation is 1. The average molecular weight is 587 g/mol. The number of sulfonamides is 1. The number of anilines is 2. The number of nitrogens with zero attached hydrogens (tertiary/aromatic N) is 4. The van der Waals surface area contributed by atoms with Crippen molar-refractivity contribution < 1.29 is 8.42 Å². The van der Waals surface area contributed by atoms with E-state index in [-0.39, 0.29) is 30.4 Å². The Kier molecular flexibility index (Phi) is 7.36. The van der Waals surface area contributed by atoms with E-state index in [1.54, 1.807) is 61.0 Å². The topological polar surface area (TPSA) is 139 Å². The number of likely N-dealkylation sites (N-methyl/N-ethyl adjacent to an activating group) is 1. The van der Waals surface area contributed by atoms with Gasteiger partial charge in [0, 0.05) is 32.2 Å². The van der Waals surface area contributed by atoms with Gasteiger partial charge < -0.3 is 20.6 Å². The SMILES string of the molecule is CCN(CCN)S(=O)(=O)c1cccc(-c2nc3ccc4nc(Nc5c(Cl)cccc5Cl)n(C)c4c3c(=O)[nH]2)c1. The molecule has 5 rings (SSSR count). The number of rotatable bonds is 8. The Bertz CT molecular complexity index is 1870. The van der Waals surface area contributed by atoms with Crippen molar-refractivity contribution >= 4 is 66.8 Å². The molecule has 0 atom stereocenters. The molecular formula is C26H25Cl2N7O3S. The lowest BCUT2D eigenvalue weighted by Crippen LogP contribution is -2.35. The number of nitrogens with one attached hydrogen (secondary N) is 2.